The van der Waals surface area contributed by atoms with Gasteiger partial charge in [-0.15, -0.1) is 0 Å². The van der Waals surface area contributed by atoms with E-state index in [2.05, 4.69) is 11.8 Å². The van der Waals surface area contributed by atoms with E-state index in [-0.39, 0.29) is 12.0 Å². The highest BCUT2D eigenvalue weighted by atomic mass is 32.2. The number of nitrogens with zero attached hydrogens (tertiary/aromatic N) is 3. The van der Waals surface area contributed by atoms with Crippen LogP contribution >= 0.6 is 0 Å². The van der Waals surface area contributed by atoms with E-state index in [1.54, 1.807) is 19.1 Å². The summed E-state index contributed by atoms with van der Waals surface area (Å²) in [4.78, 5) is 22.7. The Morgan fingerprint density at radius 3 is 2.54 bits per heavy atom. The molecule has 0 spiro atoms. The van der Waals surface area contributed by atoms with Gasteiger partial charge in [0.25, 0.3) is 0 Å². The Balaban J connectivity index is 1.72. The van der Waals surface area contributed by atoms with Crippen molar-refractivity contribution in [2.75, 3.05) is 30.4 Å². The predicted molar refractivity (Wildman–Crippen MR) is 138 cm³/mol. The molecule has 2 heterocycles. The summed E-state index contributed by atoms with van der Waals surface area (Å²) in [6.45, 7) is 7.73. The number of hydrogen-bond acceptors (Lipinski definition) is 8. The molecule has 2 fully saturated rings. The predicted octanol–water partition coefficient (Wildman–Crippen LogP) is 3.75. The number of aromatic nitrogens is 2. The molecule has 2 unspecified atom stereocenters. The van der Waals surface area contributed by atoms with Gasteiger partial charge in [0.05, 0.1) is 30.2 Å². The Morgan fingerprint density at radius 2 is 1.91 bits per heavy atom. The highest BCUT2D eigenvalue weighted by Gasteiger charge is 2.58. The van der Waals surface area contributed by atoms with E-state index in [4.69, 9.17) is 20.4 Å². The monoisotopic (exact) mass is 500 g/mol. The van der Waals surface area contributed by atoms with Crippen LogP contribution in [0.5, 0.6) is 0 Å². The van der Waals surface area contributed by atoms with Crippen LogP contribution in [0.4, 0.5) is 11.5 Å². The van der Waals surface area contributed by atoms with Crippen molar-refractivity contribution in [3.8, 4) is 11.4 Å². The number of carbonyl (C=O) groups excluding carboxylic acids is 1. The van der Waals surface area contributed by atoms with E-state index >= 15 is 0 Å². The highest BCUT2D eigenvalue weighted by Crippen LogP contribution is 2.54. The van der Waals surface area contributed by atoms with Crippen molar-refractivity contribution in [3.63, 3.8) is 0 Å². The lowest BCUT2D eigenvalue weighted by Crippen LogP contribution is -2.44. The first-order chi connectivity index (χ1) is 16.7. The summed E-state index contributed by atoms with van der Waals surface area (Å²) in [5.74, 6) is 1.40. The minimum atomic E-state index is -3.50. The number of carbonyl (C=O) groups is 1. The van der Waals surface area contributed by atoms with E-state index in [0.717, 1.165) is 17.7 Å². The number of rotatable bonds is 10. The maximum Gasteiger partial charge on any atom is 0.164 e. The van der Waals surface area contributed by atoms with Crippen LogP contribution in [-0.4, -0.2) is 55.7 Å². The maximum atomic E-state index is 13.8. The van der Waals surface area contributed by atoms with Crippen LogP contribution in [0.3, 0.4) is 0 Å². The molecule has 35 heavy (non-hydrogen) atoms. The topological polar surface area (TPSA) is 115 Å². The molecule has 2 N–H and O–H groups in total. The third-order valence-electron chi connectivity index (χ3n) is 7.35. The first kappa shape index (κ1) is 25.6. The number of morpholine rings is 1. The minimum Gasteiger partial charge on any atom is -0.399 e. The number of benzene rings is 1. The normalized spacial score (nSPS) is 21.3. The molecule has 3 atom stereocenters. The summed E-state index contributed by atoms with van der Waals surface area (Å²) >= 11 is 0. The molecule has 1 aliphatic carbocycles. The Labute approximate surface area is 208 Å². The first-order valence-electron chi connectivity index (χ1n) is 12.4. The van der Waals surface area contributed by atoms with Crippen molar-refractivity contribution >= 4 is 27.6 Å². The molecular weight excluding hydrogens is 464 g/mol. The van der Waals surface area contributed by atoms with Gasteiger partial charge >= 0.3 is 0 Å². The molecule has 0 bridgehead atoms. The summed E-state index contributed by atoms with van der Waals surface area (Å²) in [7, 11) is -3.50. The van der Waals surface area contributed by atoms with Gasteiger partial charge in [-0.3, -0.25) is 0 Å². The van der Waals surface area contributed by atoms with Gasteiger partial charge in [-0.25, -0.2) is 18.4 Å². The molecule has 1 aromatic carbocycles. The summed E-state index contributed by atoms with van der Waals surface area (Å²) in [5, 5.41) is -0.514. The van der Waals surface area contributed by atoms with Gasteiger partial charge in [0.15, 0.2) is 15.7 Å². The van der Waals surface area contributed by atoms with E-state index in [0.29, 0.717) is 69.1 Å². The van der Waals surface area contributed by atoms with E-state index in [1.807, 2.05) is 25.1 Å². The van der Waals surface area contributed by atoms with Crippen LogP contribution in [0.1, 0.15) is 58.6 Å². The van der Waals surface area contributed by atoms with Crippen molar-refractivity contribution in [1.82, 2.24) is 9.97 Å². The number of nitrogens with two attached hydrogens (primary N) is 1. The molecule has 1 aliphatic heterocycles. The molecule has 1 aromatic heterocycles. The highest BCUT2D eigenvalue weighted by molar-refractivity contribution is 7.93. The Kier molecular flexibility index (Phi) is 7.47. The summed E-state index contributed by atoms with van der Waals surface area (Å²) in [6.07, 6.45) is 3.70. The van der Waals surface area contributed by atoms with Crippen LogP contribution in [0, 0.1) is 5.92 Å². The molecule has 8 nitrogen and oxygen atoms in total. The van der Waals surface area contributed by atoms with Gasteiger partial charge < -0.3 is 20.2 Å². The quantitative estimate of drug-likeness (QED) is 0.387. The van der Waals surface area contributed by atoms with Crippen LogP contribution < -0.4 is 10.6 Å². The van der Waals surface area contributed by atoms with Crippen molar-refractivity contribution in [3.05, 3.63) is 36.0 Å². The second-order valence-electron chi connectivity index (χ2n) is 10.1. The lowest BCUT2D eigenvalue weighted by molar-refractivity contribution is -0.108. The number of hydrogen-bond donors (Lipinski definition) is 1. The summed E-state index contributed by atoms with van der Waals surface area (Å²) in [6, 6.07) is 9.33. The second-order valence-corrected chi connectivity index (χ2v) is 12.8. The Morgan fingerprint density at radius 1 is 1.20 bits per heavy atom. The van der Waals surface area contributed by atoms with E-state index in [9.17, 15) is 13.2 Å². The second kappa shape index (κ2) is 10.2. The zero-order valence-corrected chi connectivity index (χ0v) is 21.6. The minimum absolute atomic E-state index is 0.121. The van der Waals surface area contributed by atoms with Gasteiger partial charge in [0.1, 0.15) is 16.9 Å². The van der Waals surface area contributed by atoms with Crippen LogP contribution in [0.2, 0.25) is 0 Å². The van der Waals surface area contributed by atoms with Crippen molar-refractivity contribution in [2.45, 2.75) is 68.9 Å². The molecule has 2 aromatic rings. The van der Waals surface area contributed by atoms with Crippen molar-refractivity contribution in [2.24, 2.45) is 5.92 Å². The summed E-state index contributed by atoms with van der Waals surface area (Å²) in [5.41, 5.74) is 7.89. The molecule has 1 saturated carbocycles. The third kappa shape index (κ3) is 5.21. The average molecular weight is 501 g/mol. The molecule has 9 heteroatoms. The number of ether oxygens (including phenoxy) is 1. The SMILES string of the molecule is CC(CC=O)CCC(C)S(=O)(=O)C1(c2cc(N3CCOC[C@@H]3C)nc(-c3ccc(N)cc3)n2)CC1. The molecule has 2 aliphatic rings. The van der Waals surface area contributed by atoms with Gasteiger partial charge in [-0.2, -0.15) is 0 Å². The first-order valence-corrected chi connectivity index (χ1v) is 14.0. The number of anilines is 2. The number of nitrogen functional groups attached to an aromatic ring is 1. The molecule has 4 rings (SSSR count). The standard InChI is InChI=1S/C26H36N4O4S/c1-18(10-14-31)4-5-20(3)35(32,33)26(11-12-26)23-16-24(30-13-15-34-17-19(30)2)29-25(28-23)21-6-8-22(27)9-7-21/h6-9,14,16,18-20H,4-5,10-13,15,17,27H2,1-3H3/t18?,19-,20?/m0/s1. The maximum absolute atomic E-state index is 13.8. The number of aldehydes is 1. The Hall–Kier alpha value is -2.52. The van der Waals surface area contributed by atoms with Gasteiger partial charge in [-0.1, -0.05) is 6.92 Å². The van der Waals surface area contributed by atoms with Crippen LogP contribution in [-0.2, 0) is 24.1 Å². The zero-order valence-electron chi connectivity index (χ0n) is 20.8. The van der Waals surface area contributed by atoms with Gasteiger partial charge in [0.2, 0.25) is 0 Å². The fourth-order valence-corrected chi connectivity index (χ4v) is 7.07. The lowest BCUT2D eigenvalue weighted by Gasteiger charge is -2.35. The summed E-state index contributed by atoms with van der Waals surface area (Å²) < 4.78 is 32.3. The van der Waals surface area contributed by atoms with Gasteiger partial charge in [0, 0.05) is 30.3 Å². The molecule has 190 valence electrons. The van der Waals surface area contributed by atoms with Crippen LogP contribution in [0.25, 0.3) is 11.4 Å². The lowest BCUT2D eigenvalue weighted by atomic mass is 10.0. The Bertz CT molecular complexity index is 1150. The van der Waals surface area contributed by atoms with E-state index < -0.39 is 19.8 Å². The molecular formula is C26H36N4O4S. The van der Waals surface area contributed by atoms with Crippen molar-refractivity contribution in [1.29, 1.82) is 0 Å². The fraction of sp³-hybridized carbons (Fsp3) is 0.577. The van der Waals surface area contributed by atoms with Crippen LogP contribution in [0.15, 0.2) is 30.3 Å². The third-order valence-corrected chi connectivity index (χ3v) is 10.4. The van der Waals surface area contributed by atoms with E-state index in [1.165, 1.54) is 0 Å². The smallest absolute Gasteiger partial charge is 0.164 e. The molecule has 0 radical (unpaired) electrons. The number of sulfone groups is 1. The molecule has 0 amide bonds. The zero-order chi connectivity index (χ0) is 25.2. The average Bonchev–Trinajstić information content (AvgIpc) is 3.66. The van der Waals surface area contributed by atoms with Gasteiger partial charge in [-0.05, 0) is 69.7 Å². The largest absolute Gasteiger partial charge is 0.399 e. The fourth-order valence-electron chi connectivity index (χ4n) is 4.79. The van der Waals surface area contributed by atoms with Crippen molar-refractivity contribution < 1.29 is 17.9 Å². The molecule has 1 saturated heterocycles.